The van der Waals surface area contributed by atoms with Gasteiger partial charge in [0.1, 0.15) is 5.54 Å². The fourth-order valence-electron chi connectivity index (χ4n) is 3.76. The predicted molar refractivity (Wildman–Crippen MR) is 105 cm³/mol. The summed E-state index contributed by atoms with van der Waals surface area (Å²) in [5.74, 6) is -1.23. The summed E-state index contributed by atoms with van der Waals surface area (Å²) in [6.07, 6.45) is 1.75. The summed E-state index contributed by atoms with van der Waals surface area (Å²) in [4.78, 5) is 28.9. The van der Waals surface area contributed by atoms with Crippen LogP contribution in [0.5, 0.6) is 0 Å². The smallest absolute Gasteiger partial charge is 0.330 e. The van der Waals surface area contributed by atoms with Gasteiger partial charge in [0.2, 0.25) is 5.91 Å². The van der Waals surface area contributed by atoms with Gasteiger partial charge in [-0.2, -0.15) is 0 Å². The second-order valence-electron chi connectivity index (χ2n) is 7.56. The molecule has 0 saturated heterocycles. The normalized spacial score (nSPS) is 23.7. The average Bonchev–Trinajstić information content (AvgIpc) is 3.03. The van der Waals surface area contributed by atoms with Crippen LogP contribution in [0.4, 0.5) is 0 Å². The third kappa shape index (κ3) is 3.58. The number of amides is 1. The summed E-state index contributed by atoms with van der Waals surface area (Å²) in [5.41, 5.74) is -0.943. The molecule has 3 rings (SSSR count). The maximum Gasteiger partial charge on any atom is 0.330 e. The molecule has 1 aromatic heterocycles. The number of fused-ring (bicyclic) bond motifs is 1. The first kappa shape index (κ1) is 19.8. The predicted octanol–water partition coefficient (Wildman–Crippen LogP) is 3.39. The van der Waals surface area contributed by atoms with Crippen molar-refractivity contribution in [3.05, 3.63) is 29.3 Å². The van der Waals surface area contributed by atoms with Gasteiger partial charge in [-0.05, 0) is 31.9 Å². The van der Waals surface area contributed by atoms with Crippen LogP contribution in [0.2, 0.25) is 0 Å². The van der Waals surface area contributed by atoms with Crippen LogP contribution in [0.3, 0.4) is 0 Å². The van der Waals surface area contributed by atoms with Crippen LogP contribution in [0.1, 0.15) is 45.0 Å². The molecule has 1 amide bonds. The monoisotopic (exact) mass is 390 g/mol. The van der Waals surface area contributed by atoms with Crippen molar-refractivity contribution in [1.82, 2.24) is 10.3 Å². The molecule has 0 bridgehead atoms. The van der Waals surface area contributed by atoms with Gasteiger partial charge in [0.25, 0.3) is 0 Å². The third-order valence-electron chi connectivity index (χ3n) is 5.61. The van der Waals surface area contributed by atoms with E-state index >= 15 is 0 Å². The molecule has 2 aromatic rings. The zero-order chi connectivity index (χ0) is 19.7. The van der Waals surface area contributed by atoms with E-state index in [1.165, 1.54) is 0 Å². The zero-order valence-corrected chi connectivity index (χ0v) is 16.8. The summed E-state index contributed by atoms with van der Waals surface area (Å²) in [7, 11) is 0. The van der Waals surface area contributed by atoms with Crippen LogP contribution >= 0.6 is 11.3 Å². The number of carbonyl (C=O) groups excluding carboxylic acids is 1. The molecule has 2 N–H and O–H groups in total. The number of carboxylic acid groups (broad SMARTS) is 1. The number of para-hydroxylation sites is 1. The van der Waals surface area contributed by atoms with E-state index in [-0.39, 0.29) is 18.4 Å². The Hall–Kier alpha value is -1.99. The second-order valence-corrected chi connectivity index (χ2v) is 8.67. The van der Waals surface area contributed by atoms with E-state index in [1.807, 2.05) is 45.0 Å². The maximum absolute atomic E-state index is 12.4. The minimum Gasteiger partial charge on any atom is -0.479 e. The van der Waals surface area contributed by atoms with Gasteiger partial charge in [0.15, 0.2) is 0 Å². The van der Waals surface area contributed by atoms with Gasteiger partial charge < -0.3 is 15.2 Å². The Kier molecular flexibility index (Phi) is 5.53. The lowest BCUT2D eigenvalue weighted by molar-refractivity contribution is -0.194. The van der Waals surface area contributed by atoms with E-state index in [0.717, 1.165) is 15.2 Å². The summed E-state index contributed by atoms with van der Waals surface area (Å²) in [6.45, 7) is 6.09. The Morgan fingerprint density at radius 3 is 2.74 bits per heavy atom. The van der Waals surface area contributed by atoms with Gasteiger partial charge in [0, 0.05) is 24.9 Å². The number of hydrogen-bond donors (Lipinski definition) is 2. The van der Waals surface area contributed by atoms with Gasteiger partial charge in [-0.3, -0.25) is 4.79 Å². The number of nitrogens with one attached hydrogen (secondary N) is 1. The van der Waals surface area contributed by atoms with Crippen molar-refractivity contribution in [2.75, 3.05) is 6.61 Å². The number of hydrogen-bond acceptors (Lipinski definition) is 5. The van der Waals surface area contributed by atoms with Gasteiger partial charge in [0.05, 0.1) is 21.3 Å². The zero-order valence-electron chi connectivity index (χ0n) is 15.9. The highest BCUT2D eigenvalue weighted by Crippen LogP contribution is 2.51. The number of thiazole rings is 1. The number of benzene rings is 1. The molecule has 1 fully saturated rings. The molecule has 1 saturated carbocycles. The van der Waals surface area contributed by atoms with Crippen molar-refractivity contribution in [2.45, 2.75) is 58.1 Å². The number of aromatic nitrogens is 1. The standard InChI is InChI=1S/C20H26N2O4S/c1-4-26-15-12-20(18(24)25,19(15,2)3)22-16(23)10-7-11-17-21-13-8-5-6-9-14(13)27-17/h5-6,8-9,15H,4,7,10-12H2,1-3H3,(H,22,23)(H,24,25). The molecule has 1 heterocycles. The molecule has 1 aromatic carbocycles. The summed E-state index contributed by atoms with van der Waals surface area (Å²) < 4.78 is 6.77. The lowest BCUT2D eigenvalue weighted by Crippen LogP contribution is -2.76. The Morgan fingerprint density at radius 2 is 2.11 bits per heavy atom. The summed E-state index contributed by atoms with van der Waals surface area (Å²) in [5, 5.41) is 13.5. The molecular formula is C20H26N2O4S. The first-order valence-electron chi connectivity index (χ1n) is 9.30. The first-order valence-corrected chi connectivity index (χ1v) is 10.1. The van der Waals surface area contributed by atoms with E-state index in [9.17, 15) is 14.7 Å². The number of ether oxygens (including phenoxy) is 1. The summed E-state index contributed by atoms with van der Waals surface area (Å²) >= 11 is 1.63. The Labute approximate surface area is 162 Å². The van der Waals surface area contributed by atoms with E-state index in [2.05, 4.69) is 10.3 Å². The number of nitrogens with zero attached hydrogens (tertiary/aromatic N) is 1. The Morgan fingerprint density at radius 1 is 1.37 bits per heavy atom. The summed E-state index contributed by atoms with van der Waals surface area (Å²) in [6, 6.07) is 7.96. The number of carbonyl (C=O) groups is 2. The molecule has 0 aliphatic heterocycles. The average molecular weight is 391 g/mol. The molecule has 2 atom stereocenters. The van der Waals surface area contributed by atoms with Crippen LogP contribution in [0, 0.1) is 5.41 Å². The molecule has 0 radical (unpaired) electrons. The first-order chi connectivity index (χ1) is 12.8. The van der Waals surface area contributed by atoms with Crippen molar-refractivity contribution >= 4 is 33.4 Å². The lowest BCUT2D eigenvalue weighted by Gasteiger charge is -2.58. The van der Waals surface area contributed by atoms with E-state index in [1.54, 1.807) is 11.3 Å². The quantitative estimate of drug-likeness (QED) is 0.721. The minimum absolute atomic E-state index is 0.165. The molecule has 0 spiro atoms. The molecule has 2 unspecified atom stereocenters. The number of rotatable bonds is 8. The SMILES string of the molecule is CCOC1CC(NC(=O)CCCc2nc3ccccc3s2)(C(=O)O)C1(C)C. The molecule has 27 heavy (non-hydrogen) atoms. The highest BCUT2D eigenvalue weighted by Gasteiger charge is 2.66. The lowest BCUT2D eigenvalue weighted by atomic mass is 9.54. The highest BCUT2D eigenvalue weighted by atomic mass is 32.1. The van der Waals surface area contributed by atoms with Crippen LogP contribution in [0.25, 0.3) is 10.2 Å². The van der Waals surface area contributed by atoms with Crippen LogP contribution in [-0.2, 0) is 20.7 Å². The highest BCUT2D eigenvalue weighted by molar-refractivity contribution is 7.18. The van der Waals surface area contributed by atoms with Crippen molar-refractivity contribution in [3.63, 3.8) is 0 Å². The van der Waals surface area contributed by atoms with Gasteiger partial charge in [-0.1, -0.05) is 26.0 Å². The molecule has 7 heteroatoms. The minimum atomic E-state index is -1.26. The molecule has 146 valence electrons. The number of aliphatic carboxylic acids is 1. The number of aryl methyl sites for hydroxylation is 1. The number of carboxylic acids is 1. The topological polar surface area (TPSA) is 88.5 Å². The second kappa shape index (κ2) is 7.56. The molecule has 1 aliphatic rings. The van der Waals surface area contributed by atoms with Crippen LogP contribution in [0.15, 0.2) is 24.3 Å². The van der Waals surface area contributed by atoms with E-state index in [0.29, 0.717) is 25.9 Å². The van der Waals surface area contributed by atoms with Crippen molar-refractivity contribution in [1.29, 1.82) is 0 Å². The Bertz CT molecular complexity index is 814. The fraction of sp³-hybridized carbons (Fsp3) is 0.550. The molecule has 6 nitrogen and oxygen atoms in total. The van der Waals surface area contributed by atoms with E-state index in [4.69, 9.17) is 4.74 Å². The van der Waals surface area contributed by atoms with Gasteiger partial charge >= 0.3 is 5.97 Å². The Balaban J connectivity index is 1.57. The van der Waals surface area contributed by atoms with Gasteiger partial charge in [-0.15, -0.1) is 11.3 Å². The van der Waals surface area contributed by atoms with Crippen LogP contribution in [-0.4, -0.2) is 40.2 Å². The van der Waals surface area contributed by atoms with Crippen molar-refractivity contribution in [3.8, 4) is 0 Å². The molecular weight excluding hydrogens is 364 g/mol. The molecule has 1 aliphatic carbocycles. The third-order valence-corrected chi connectivity index (χ3v) is 6.71. The van der Waals surface area contributed by atoms with Gasteiger partial charge in [-0.25, -0.2) is 9.78 Å². The van der Waals surface area contributed by atoms with Crippen molar-refractivity contribution < 1.29 is 19.4 Å². The van der Waals surface area contributed by atoms with Crippen molar-refractivity contribution in [2.24, 2.45) is 5.41 Å². The largest absolute Gasteiger partial charge is 0.479 e. The maximum atomic E-state index is 12.4. The fourth-order valence-corrected chi connectivity index (χ4v) is 4.77. The van der Waals surface area contributed by atoms with Crippen LogP contribution < -0.4 is 5.32 Å². The van der Waals surface area contributed by atoms with E-state index < -0.39 is 16.9 Å².